The van der Waals surface area contributed by atoms with Crippen LogP contribution in [0.4, 0.5) is 0 Å². The fourth-order valence-corrected chi connectivity index (χ4v) is 2.07. The standard InChI is InChI=1S/C12H21N3O/c1-9-13-15(12(2,3)4)11(16)14(9)8-10-6-5-7-10/h10H,5-8H2,1-4H3. The van der Waals surface area contributed by atoms with Gasteiger partial charge < -0.3 is 0 Å². The average Bonchev–Trinajstić information content (AvgIpc) is 2.35. The molecule has 1 aliphatic rings. The third-order valence-electron chi connectivity index (χ3n) is 3.35. The Bertz CT molecular complexity index is 432. The summed E-state index contributed by atoms with van der Waals surface area (Å²) in [5.74, 6) is 1.53. The summed E-state index contributed by atoms with van der Waals surface area (Å²) in [6.45, 7) is 8.79. The molecule has 1 aromatic heterocycles. The topological polar surface area (TPSA) is 39.8 Å². The second kappa shape index (κ2) is 3.75. The Morgan fingerprint density at radius 3 is 2.38 bits per heavy atom. The number of hydrogen-bond donors (Lipinski definition) is 0. The van der Waals surface area contributed by atoms with E-state index in [1.165, 1.54) is 19.3 Å². The number of aromatic nitrogens is 3. The van der Waals surface area contributed by atoms with Crippen LogP contribution in [0.5, 0.6) is 0 Å². The van der Waals surface area contributed by atoms with Gasteiger partial charge in [0.05, 0.1) is 5.54 Å². The van der Waals surface area contributed by atoms with Crippen LogP contribution in [0.1, 0.15) is 45.9 Å². The van der Waals surface area contributed by atoms with Gasteiger partial charge in [0.2, 0.25) is 0 Å². The molecule has 1 saturated carbocycles. The number of hydrogen-bond acceptors (Lipinski definition) is 2. The lowest BCUT2D eigenvalue weighted by atomic mass is 9.85. The zero-order valence-corrected chi connectivity index (χ0v) is 10.7. The number of rotatable bonds is 2. The van der Waals surface area contributed by atoms with Crippen LogP contribution in [0, 0.1) is 12.8 Å². The summed E-state index contributed by atoms with van der Waals surface area (Å²) in [6.07, 6.45) is 3.82. The van der Waals surface area contributed by atoms with E-state index in [4.69, 9.17) is 0 Å². The van der Waals surface area contributed by atoms with E-state index >= 15 is 0 Å². The molecule has 0 spiro atoms. The largest absolute Gasteiger partial charge is 0.346 e. The number of nitrogens with zero attached hydrogens (tertiary/aromatic N) is 3. The molecule has 0 radical (unpaired) electrons. The zero-order valence-electron chi connectivity index (χ0n) is 10.7. The second-order valence-corrected chi connectivity index (χ2v) is 5.82. The van der Waals surface area contributed by atoms with E-state index in [-0.39, 0.29) is 11.2 Å². The Morgan fingerprint density at radius 2 is 2.00 bits per heavy atom. The maximum atomic E-state index is 12.2. The highest BCUT2D eigenvalue weighted by atomic mass is 16.2. The molecule has 4 heteroatoms. The third kappa shape index (κ3) is 1.93. The van der Waals surface area contributed by atoms with Crippen LogP contribution in [0.2, 0.25) is 0 Å². The summed E-state index contributed by atoms with van der Waals surface area (Å²) >= 11 is 0. The van der Waals surface area contributed by atoms with Crippen molar-refractivity contribution in [2.75, 3.05) is 0 Å². The Morgan fingerprint density at radius 1 is 1.38 bits per heavy atom. The molecule has 1 fully saturated rings. The highest BCUT2D eigenvalue weighted by molar-refractivity contribution is 4.89. The van der Waals surface area contributed by atoms with Crippen LogP contribution in [0.15, 0.2) is 4.79 Å². The van der Waals surface area contributed by atoms with Gasteiger partial charge in [0.1, 0.15) is 5.82 Å². The van der Waals surface area contributed by atoms with Gasteiger partial charge in [0.25, 0.3) is 0 Å². The van der Waals surface area contributed by atoms with Crippen molar-refractivity contribution in [3.63, 3.8) is 0 Å². The van der Waals surface area contributed by atoms with Gasteiger partial charge in [-0.3, -0.25) is 4.57 Å². The first kappa shape index (κ1) is 11.4. The van der Waals surface area contributed by atoms with Crippen LogP contribution in [-0.2, 0) is 12.1 Å². The third-order valence-corrected chi connectivity index (χ3v) is 3.35. The molecule has 0 bridgehead atoms. The van der Waals surface area contributed by atoms with Crippen LogP contribution in [0.25, 0.3) is 0 Å². The van der Waals surface area contributed by atoms with Crippen molar-refractivity contribution in [3.05, 3.63) is 16.3 Å². The normalized spacial score (nSPS) is 17.5. The maximum Gasteiger partial charge on any atom is 0.346 e. The summed E-state index contributed by atoms with van der Waals surface area (Å²) in [6, 6.07) is 0. The molecule has 0 aromatic carbocycles. The molecule has 16 heavy (non-hydrogen) atoms. The molecule has 0 saturated heterocycles. The first-order valence-corrected chi connectivity index (χ1v) is 6.06. The van der Waals surface area contributed by atoms with Crippen molar-refractivity contribution < 1.29 is 0 Å². The van der Waals surface area contributed by atoms with Gasteiger partial charge in [-0.15, -0.1) is 0 Å². The quantitative estimate of drug-likeness (QED) is 0.768. The molecule has 1 heterocycles. The van der Waals surface area contributed by atoms with Gasteiger partial charge in [0, 0.05) is 6.54 Å². The average molecular weight is 223 g/mol. The van der Waals surface area contributed by atoms with E-state index in [0.717, 1.165) is 12.4 Å². The van der Waals surface area contributed by atoms with E-state index in [0.29, 0.717) is 5.92 Å². The van der Waals surface area contributed by atoms with E-state index in [1.54, 1.807) is 4.68 Å². The molecule has 4 nitrogen and oxygen atoms in total. The Kier molecular flexibility index (Phi) is 2.68. The Labute approximate surface area is 96.3 Å². The van der Waals surface area contributed by atoms with Crippen molar-refractivity contribution >= 4 is 0 Å². The minimum Gasteiger partial charge on any atom is -0.279 e. The molecule has 0 atom stereocenters. The lowest BCUT2D eigenvalue weighted by molar-refractivity contribution is 0.268. The van der Waals surface area contributed by atoms with Crippen molar-refractivity contribution in [3.8, 4) is 0 Å². The molecular weight excluding hydrogens is 202 g/mol. The molecule has 90 valence electrons. The molecule has 0 aliphatic heterocycles. The van der Waals surface area contributed by atoms with Crippen molar-refractivity contribution in [2.24, 2.45) is 5.92 Å². The van der Waals surface area contributed by atoms with Crippen LogP contribution in [-0.4, -0.2) is 14.3 Å². The molecule has 1 aliphatic carbocycles. The van der Waals surface area contributed by atoms with Crippen LogP contribution >= 0.6 is 0 Å². The maximum absolute atomic E-state index is 12.2. The molecule has 0 unspecified atom stereocenters. The molecule has 1 aromatic rings. The smallest absolute Gasteiger partial charge is 0.279 e. The molecule has 0 N–H and O–H groups in total. The predicted octanol–water partition coefficient (Wildman–Crippen LogP) is 1.91. The fraction of sp³-hybridized carbons (Fsp3) is 0.833. The first-order chi connectivity index (χ1) is 7.39. The Balaban J connectivity index is 2.31. The fourth-order valence-electron chi connectivity index (χ4n) is 2.07. The van der Waals surface area contributed by atoms with Crippen LogP contribution in [0.3, 0.4) is 0 Å². The van der Waals surface area contributed by atoms with Crippen molar-refractivity contribution in [1.82, 2.24) is 14.3 Å². The highest BCUT2D eigenvalue weighted by Gasteiger charge is 2.24. The van der Waals surface area contributed by atoms with E-state index in [1.807, 2.05) is 32.3 Å². The first-order valence-electron chi connectivity index (χ1n) is 6.06. The lowest BCUT2D eigenvalue weighted by Crippen LogP contribution is -2.37. The van der Waals surface area contributed by atoms with Gasteiger partial charge in [0.15, 0.2) is 0 Å². The van der Waals surface area contributed by atoms with E-state index < -0.39 is 0 Å². The summed E-state index contributed by atoms with van der Waals surface area (Å²) in [7, 11) is 0. The molecule has 0 amide bonds. The zero-order chi connectivity index (χ0) is 11.9. The SMILES string of the molecule is Cc1nn(C(C)(C)C)c(=O)n1CC1CCC1. The van der Waals surface area contributed by atoms with Crippen LogP contribution < -0.4 is 5.69 Å². The summed E-state index contributed by atoms with van der Waals surface area (Å²) in [4.78, 5) is 12.2. The van der Waals surface area contributed by atoms with Gasteiger partial charge in [-0.25, -0.2) is 9.48 Å². The second-order valence-electron chi connectivity index (χ2n) is 5.82. The van der Waals surface area contributed by atoms with E-state index in [9.17, 15) is 4.79 Å². The summed E-state index contributed by atoms with van der Waals surface area (Å²) < 4.78 is 3.43. The lowest BCUT2D eigenvalue weighted by Gasteiger charge is -2.25. The van der Waals surface area contributed by atoms with Crippen molar-refractivity contribution in [2.45, 2.75) is 59.0 Å². The van der Waals surface area contributed by atoms with Gasteiger partial charge >= 0.3 is 5.69 Å². The Hall–Kier alpha value is -1.06. The molecular formula is C12H21N3O. The van der Waals surface area contributed by atoms with E-state index in [2.05, 4.69) is 5.10 Å². The number of aryl methyl sites for hydroxylation is 1. The van der Waals surface area contributed by atoms with Crippen molar-refractivity contribution in [1.29, 1.82) is 0 Å². The highest BCUT2D eigenvalue weighted by Crippen LogP contribution is 2.27. The predicted molar refractivity (Wildman–Crippen MR) is 63.6 cm³/mol. The summed E-state index contributed by atoms with van der Waals surface area (Å²) in [5, 5.41) is 4.36. The van der Waals surface area contributed by atoms with Gasteiger partial charge in [-0.2, -0.15) is 5.10 Å². The van der Waals surface area contributed by atoms with Gasteiger partial charge in [-0.05, 0) is 46.5 Å². The van der Waals surface area contributed by atoms with Gasteiger partial charge in [-0.1, -0.05) is 6.42 Å². The minimum absolute atomic E-state index is 0.0388. The molecule has 2 rings (SSSR count). The summed E-state index contributed by atoms with van der Waals surface area (Å²) in [5.41, 5.74) is -0.191. The monoisotopic (exact) mass is 223 g/mol. The minimum atomic E-state index is -0.229.